The zero-order valence-corrected chi connectivity index (χ0v) is 16.0. The Morgan fingerprint density at radius 3 is 2.25 bits per heavy atom. The first-order valence-corrected chi connectivity index (χ1v) is 9.54. The van der Waals surface area contributed by atoms with Gasteiger partial charge in [0.1, 0.15) is 0 Å². The monoisotopic (exact) mass is 372 g/mol. The van der Waals surface area contributed by atoms with Crippen LogP contribution in [0.4, 0.5) is 0 Å². The van der Waals surface area contributed by atoms with Gasteiger partial charge in [0, 0.05) is 24.6 Å². The summed E-state index contributed by atoms with van der Waals surface area (Å²) in [6, 6.07) is 22.6. The molecule has 1 aromatic heterocycles. The molecule has 0 bridgehead atoms. The van der Waals surface area contributed by atoms with Crippen molar-refractivity contribution < 1.29 is 9.59 Å². The molecule has 0 aliphatic rings. The summed E-state index contributed by atoms with van der Waals surface area (Å²) in [5.41, 5.74) is 3.56. The molecular formula is C24H24N2O2. The molecule has 142 valence electrons. The van der Waals surface area contributed by atoms with Gasteiger partial charge in [0.15, 0.2) is 5.78 Å². The SMILES string of the molecule is CCc1ccc(C(=O)CCC(=O)NC(c2ccccc2)c2ccccn2)cc1. The number of nitrogens with zero attached hydrogens (tertiary/aromatic N) is 1. The molecule has 0 saturated heterocycles. The van der Waals surface area contributed by atoms with Gasteiger partial charge in [0.05, 0.1) is 11.7 Å². The average molecular weight is 372 g/mol. The number of benzene rings is 2. The first-order chi connectivity index (χ1) is 13.7. The maximum absolute atomic E-state index is 12.5. The van der Waals surface area contributed by atoms with E-state index in [0.29, 0.717) is 5.56 Å². The molecule has 4 nitrogen and oxygen atoms in total. The molecule has 1 heterocycles. The Labute approximate surface area is 165 Å². The van der Waals surface area contributed by atoms with Crippen LogP contribution in [-0.4, -0.2) is 16.7 Å². The molecule has 1 N–H and O–H groups in total. The second-order valence-electron chi connectivity index (χ2n) is 6.64. The van der Waals surface area contributed by atoms with Crippen molar-refractivity contribution in [3.8, 4) is 0 Å². The summed E-state index contributed by atoms with van der Waals surface area (Å²) in [6.07, 6.45) is 2.97. The topological polar surface area (TPSA) is 59.1 Å². The molecule has 0 aliphatic carbocycles. The fourth-order valence-electron chi connectivity index (χ4n) is 3.05. The summed E-state index contributed by atoms with van der Waals surface area (Å²) < 4.78 is 0. The largest absolute Gasteiger partial charge is 0.344 e. The molecule has 28 heavy (non-hydrogen) atoms. The number of ketones is 1. The van der Waals surface area contributed by atoms with E-state index in [9.17, 15) is 9.59 Å². The number of aromatic nitrogens is 1. The van der Waals surface area contributed by atoms with E-state index in [4.69, 9.17) is 0 Å². The van der Waals surface area contributed by atoms with Crippen molar-refractivity contribution in [2.75, 3.05) is 0 Å². The number of pyridine rings is 1. The Morgan fingerprint density at radius 1 is 0.893 bits per heavy atom. The van der Waals surface area contributed by atoms with Gasteiger partial charge in [-0.15, -0.1) is 0 Å². The standard InChI is InChI=1S/C24H24N2O2/c1-2-18-11-13-19(14-12-18)22(27)15-16-23(28)26-24(20-8-4-3-5-9-20)21-10-6-7-17-25-21/h3-14,17,24H,2,15-16H2,1H3,(H,26,28). The van der Waals surface area contributed by atoms with Gasteiger partial charge in [0.2, 0.25) is 5.91 Å². The van der Waals surface area contributed by atoms with Crippen LogP contribution in [0.15, 0.2) is 79.0 Å². The number of nitrogens with one attached hydrogen (secondary N) is 1. The lowest BCUT2D eigenvalue weighted by Crippen LogP contribution is -2.30. The van der Waals surface area contributed by atoms with E-state index in [1.54, 1.807) is 6.20 Å². The molecular weight excluding hydrogens is 348 g/mol. The van der Waals surface area contributed by atoms with E-state index in [2.05, 4.69) is 17.2 Å². The Balaban J connectivity index is 1.64. The Kier molecular flexibility index (Phi) is 6.68. The molecule has 1 atom stereocenters. The van der Waals surface area contributed by atoms with Crippen LogP contribution in [-0.2, 0) is 11.2 Å². The number of aryl methyl sites for hydroxylation is 1. The quantitative estimate of drug-likeness (QED) is 0.592. The predicted molar refractivity (Wildman–Crippen MR) is 110 cm³/mol. The molecule has 4 heteroatoms. The Hall–Kier alpha value is -3.27. The molecule has 1 unspecified atom stereocenters. The minimum absolute atomic E-state index is 0.0214. The van der Waals surface area contributed by atoms with E-state index < -0.39 is 0 Å². The molecule has 0 radical (unpaired) electrons. The van der Waals surface area contributed by atoms with Gasteiger partial charge in [-0.1, -0.05) is 67.6 Å². The van der Waals surface area contributed by atoms with Gasteiger partial charge in [-0.05, 0) is 29.7 Å². The van der Waals surface area contributed by atoms with Crippen molar-refractivity contribution >= 4 is 11.7 Å². The Morgan fingerprint density at radius 2 is 1.61 bits per heavy atom. The van der Waals surface area contributed by atoms with Gasteiger partial charge < -0.3 is 5.32 Å². The maximum Gasteiger partial charge on any atom is 0.221 e. The van der Waals surface area contributed by atoms with Crippen LogP contribution in [0.25, 0.3) is 0 Å². The summed E-state index contributed by atoms with van der Waals surface area (Å²) in [7, 11) is 0. The van der Waals surface area contributed by atoms with Gasteiger partial charge in [0.25, 0.3) is 0 Å². The molecule has 1 amide bonds. The number of carbonyl (C=O) groups is 2. The molecule has 3 rings (SSSR count). The van der Waals surface area contributed by atoms with Gasteiger partial charge in [-0.3, -0.25) is 14.6 Å². The van der Waals surface area contributed by atoms with Crippen molar-refractivity contribution in [2.45, 2.75) is 32.2 Å². The number of Topliss-reactive ketones (excluding diaryl/α,β-unsaturated/α-hetero) is 1. The van der Waals surface area contributed by atoms with Crippen molar-refractivity contribution in [1.82, 2.24) is 10.3 Å². The van der Waals surface area contributed by atoms with Crippen LogP contribution in [0, 0.1) is 0 Å². The minimum atomic E-state index is -0.339. The normalized spacial score (nSPS) is 11.6. The smallest absolute Gasteiger partial charge is 0.221 e. The third kappa shape index (κ3) is 5.13. The minimum Gasteiger partial charge on any atom is -0.344 e. The highest BCUT2D eigenvalue weighted by Crippen LogP contribution is 2.20. The fourth-order valence-corrected chi connectivity index (χ4v) is 3.05. The number of amides is 1. The molecule has 3 aromatic rings. The highest BCUT2D eigenvalue weighted by Gasteiger charge is 2.18. The molecule has 0 saturated carbocycles. The first kappa shape index (κ1) is 19.5. The zero-order chi connectivity index (χ0) is 19.8. The lowest BCUT2D eigenvalue weighted by Gasteiger charge is -2.19. The maximum atomic E-state index is 12.5. The fraction of sp³-hybridized carbons (Fsp3) is 0.208. The highest BCUT2D eigenvalue weighted by atomic mass is 16.2. The number of hydrogen-bond acceptors (Lipinski definition) is 3. The van der Waals surface area contributed by atoms with Gasteiger partial charge >= 0.3 is 0 Å². The van der Waals surface area contributed by atoms with E-state index in [1.165, 1.54) is 5.56 Å². The van der Waals surface area contributed by atoms with Crippen molar-refractivity contribution in [1.29, 1.82) is 0 Å². The van der Waals surface area contributed by atoms with Crippen molar-refractivity contribution in [3.05, 3.63) is 101 Å². The molecule has 2 aromatic carbocycles. The summed E-state index contributed by atoms with van der Waals surface area (Å²) >= 11 is 0. The van der Waals surface area contributed by atoms with Gasteiger partial charge in [-0.25, -0.2) is 0 Å². The molecule has 0 fully saturated rings. The summed E-state index contributed by atoms with van der Waals surface area (Å²) in [6.45, 7) is 2.08. The highest BCUT2D eigenvalue weighted by molar-refractivity contribution is 5.98. The third-order valence-corrected chi connectivity index (χ3v) is 4.69. The molecule has 0 aliphatic heterocycles. The second-order valence-corrected chi connectivity index (χ2v) is 6.64. The van der Waals surface area contributed by atoms with E-state index in [1.807, 2.05) is 72.8 Å². The Bertz CT molecular complexity index is 867. The van der Waals surface area contributed by atoms with E-state index in [-0.39, 0.29) is 30.6 Å². The van der Waals surface area contributed by atoms with Crippen LogP contribution >= 0.6 is 0 Å². The lowest BCUT2D eigenvalue weighted by molar-refractivity contribution is -0.121. The summed E-state index contributed by atoms with van der Waals surface area (Å²) in [4.78, 5) is 29.3. The van der Waals surface area contributed by atoms with E-state index >= 15 is 0 Å². The molecule has 0 spiro atoms. The van der Waals surface area contributed by atoms with Gasteiger partial charge in [-0.2, -0.15) is 0 Å². The van der Waals surface area contributed by atoms with Crippen molar-refractivity contribution in [2.24, 2.45) is 0 Å². The zero-order valence-electron chi connectivity index (χ0n) is 16.0. The van der Waals surface area contributed by atoms with Crippen molar-refractivity contribution in [3.63, 3.8) is 0 Å². The van der Waals surface area contributed by atoms with Crippen LogP contribution in [0.1, 0.15) is 53.0 Å². The van der Waals surface area contributed by atoms with Crippen LogP contribution < -0.4 is 5.32 Å². The third-order valence-electron chi connectivity index (χ3n) is 4.69. The summed E-state index contributed by atoms with van der Waals surface area (Å²) in [5, 5.41) is 3.02. The van der Waals surface area contributed by atoms with Crippen LogP contribution in [0.5, 0.6) is 0 Å². The van der Waals surface area contributed by atoms with E-state index in [0.717, 1.165) is 17.7 Å². The summed E-state index contributed by atoms with van der Waals surface area (Å²) in [5.74, 6) is -0.190. The average Bonchev–Trinajstić information content (AvgIpc) is 2.77. The van der Waals surface area contributed by atoms with Crippen LogP contribution in [0.2, 0.25) is 0 Å². The number of carbonyl (C=O) groups excluding carboxylic acids is 2. The van der Waals surface area contributed by atoms with Crippen LogP contribution in [0.3, 0.4) is 0 Å². The first-order valence-electron chi connectivity index (χ1n) is 9.54. The predicted octanol–water partition coefficient (Wildman–Crippen LogP) is 4.51. The lowest BCUT2D eigenvalue weighted by atomic mass is 10.0. The number of hydrogen-bond donors (Lipinski definition) is 1. The number of rotatable bonds is 8. The second kappa shape index (κ2) is 9.60.